The van der Waals surface area contributed by atoms with Gasteiger partial charge < -0.3 is 5.32 Å². The third kappa shape index (κ3) is 3.37. The van der Waals surface area contributed by atoms with Crippen LogP contribution in [0.3, 0.4) is 0 Å². The van der Waals surface area contributed by atoms with E-state index < -0.39 is 0 Å². The molecule has 0 unspecified atom stereocenters. The van der Waals surface area contributed by atoms with E-state index in [4.69, 9.17) is 23.2 Å². The van der Waals surface area contributed by atoms with Crippen molar-refractivity contribution in [1.29, 1.82) is 0 Å². The number of anilines is 1. The van der Waals surface area contributed by atoms with Gasteiger partial charge in [-0.1, -0.05) is 29.3 Å². The number of rotatable bonds is 2. The van der Waals surface area contributed by atoms with Crippen molar-refractivity contribution in [2.75, 3.05) is 5.32 Å². The second-order valence-corrected chi connectivity index (χ2v) is 6.62. The standard InChI is InChI=1S/C14H9Br2Cl2NO/c1-7-2-3-8(10(16)6-7)14(20)19-11-5-4-9(15)12(17)13(11)18/h2-6H,1H3,(H,19,20). The van der Waals surface area contributed by atoms with Gasteiger partial charge in [-0.05, 0) is 68.6 Å². The van der Waals surface area contributed by atoms with Crippen LogP contribution < -0.4 is 5.32 Å². The van der Waals surface area contributed by atoms with Gasteiger partial charge in [0.1, 0.15) is 0 Å². The van der Waals surface area contributed by atoms with Crippen molar-refractivity contribution in [2.24, 2.45) is 0 Å². The first kappa shape index (κ1) is 15.8. The zero-order valence-corrected chi connectivity index (χ0v) is 15.0. The van der Waals surface area contributed by atoms with E-state index in [-0.39, 0.29) is 5.91 Å². The molecule has 0 saturated carbocycles. The monoisotopic (exact) mass is 435 g/mol. The van der Waals surface area contributed by atoms with E-state index in [0.29, 0.717) is 25.8 Å². The molecule has 2 aromatic rings. The van der Waals surface area contributed by atoms with Crippen molar-refractivity contribution >= 4 is 66.7 Å². The summed E-state index contributed by atoms with van der Waals surface area (Å²) in [7, 11) is 0. The van der Waals surface area contributed by atoms with Crippen LogP contribution in [-0.2, 0) is 0 Å². The Morgan fingerprint density at radius 3 is 2.40 bits per heavy atom. The lowest BCUT2D eigenvalue weighted by Crippen LogP contribution is -2.13. The largest absolute Gasteiger partial charge is 0.321 e. The highest BCUT2D eigenvalue weighted by Crippen LogP contribution is 2.36. The molecule has 0 fully saturated rings. The Balaban J connectivity index is 2.30. The Bertz CT molecular complexity index is 689. The molecule has 0 saturated heterocycles. The highest BCUT2D eigenvalue weighted by Gasteiger charge is 2.14. The van der Waals surface area contributed by atoms with Gasteiger partial charge in [-0.2, -0.15) is 0 Å². The van der Waals surface area contributed by atoms with Crippen molar-refractivity contribution in [2.45, 2.75) is 6.92 Å². The van der Waals surface area contributed by atoms with Crippen LogP contribution in [0.2, 0.25) is 10.0 Å². The van der Waals surface area contributed by atoms with Crippen molar-refractivity contribution in [3.63, 3.8) is 0 Å². The van der Waals surface area contributed by atoms with Crippen molar-refractivity contribution in [3.8, 4) is 0 Å². The maximum atomic E-state index is 12.2. The molecule has 2 rings (SSSR count). The number of hydrogen-bond donors (Lipinski definition) is 1. The van der Waals surface area contributed by atoms with Gasteiger partial charge in [0, 0.05) is 8.95 Å². The first-order chi connectivity index (χ1) is 9.40. The number of aryl methyl sites for hydroxylation is 1. The van der Waals surface area contributed by atoms with Gasteiger partial charge in [0.25, 0.3) is 5.91 Å². The van der Waals surface area contributed by atoms with Gasteiger partial charge in [0.05, 0.1) is 21.3 Å². The second kappa shape index (κ2) is 6.48. The van der Waals surface area contributed by atoms with E-state index in [0.717, 1.165) is 10.0 Å². The summed E-state index contributed by atoms with van der Waals surface area (Å²) >= 11 is 18.8. The maximum absolute atomic E-state index is 12.2. The van der Waals surface area contributed by atoms with Gasteiger partial charge in [0.2, 0.25) is 0 Å². The Kier molecular flexibility index (Phi) is 5.13. The molecule has 0 aromatic heterocycles. The topological polar surface area (TPSA) is 29.1 Å². The van der Waals surface area contributed by atoms with Crippen LogP contribution in [-0.4, -0.2) is 5.91 Å². The minimum absolute atomic E-state index is 0.253. The van der Waals surface area contributed by atoms with Crippen LogP contribution in [0.1, 0.15) is 15.9 Å². The summed E-state index contributed by atoms with van der Waals surface area (Å²) in [5.74, 6) is -0.253. The maximum Gasteiger partial charge on any atom is 0.256 e. The third-order valence-electron chi connectivity index (χ3n) is 2.65. The smallest absolute Gasteiger partial charge is 0.256 e. The van der Waals surface area contributed by atoms with Crippen LogP contribution in [0.4, 0.5) is 5.69 Å². The first-order valence-electron chi connectivity index (χ1n) is 5.61. The molecule has 2 nitrogen and oxygen atoms in total. The number of nitrogens with one attached hydrogen (secondary N) is 1. The minimum Gasteiger partial charge on any atom is -0.321 e. The number of halogens is 4. The van der Waals surface area contributed by atoms with Crippen molar-refractivity contribution in [1.82, 2.24) is 0 Å². The lowest BCUT2D eigenvalue weighted by Gasteiger charge is -2.10. The molecule has 104 valence electrons. The first-order valence-corrected chi connectivity index (χ1v) is 7.95. The zero-order valence-electron chi connectivity index (χ0n) is 10.3. The van der Waals surface area contributed by atoms with E-state index in [9.17, 15) is 4.79 Å². The minimum atomic E-state index is -0.253. The summed E-state index contributed by atoms with van der Waals surface area (Å²) in [5.41, 5.74) is 2.07. The summed E-state index contributed by atoms with van der Waals surface area (Å²) in [6.45, 7) is 1.96. The average Bonchev–Trinajstić information content (AvgIpc) is 2.39. The fourth-order valence-electron chi connectivity index (χ4n) is 1.62. The number of amides is 1. The van der Waals surface area contributed by atoms with Crippen LogP contribution in [0.25, 0.3) is 0 Å². The Labute approximate surface area is 143 Å². The summed E-state index contributed by atoms with van der Waals surface area (Å²) in [6.07, 6.45) is 0. The highest BCUT2D eigenvalue weighted by atomic mass is 79.9. The van der Waals surface area contributed by atoms with Crippen LogP contribution in [0, 0.1) is 6.92 Å². The molecule has 2 aromatic carbocycles. The average molecular weight is 438 g/mol. The normalized spacial score (nSPS) is 10.4. The Morgan fingerprint density at radius 1 is 1.05 bits per heavy atom. The molecular formula is C14H9Br2Cl2NO. The third-order valence-corrected chi connectivity index (χ3v) is 5.08. The molecule has 20 heavy (non-hydrogen) atoms. The molecule has 0 heterocycles. The second-order valence-electron chi connectivity index (χ2n) is 4.16. The van der Waals surface area contributed by atoms with Crippen LogP contribution >= 0.6 is 55.1 Å². The van der Waals surface area contributed by atoms with Gasteiger partial charge in [-0.25, -0.2) is 0 Å². The SMILES string of the molecule is Cc1ccc(C(=O)Nc2ccc(Br)c(Cl)c2Cl)c(Br)c1. The zero-order chi connectivity index (χ0) is 14.9. The molecule has 1 amide bonds. The number of carbonyl (C=O) groups is 1. The summed E-state index contributed by atoms with van der Waals surface area (Å²) in [6, 6.07) is 8.93. The van der Waals surface area contributed by atoms with Crippen molar-refractivity contribution < 1.29 is 4.79 Å². The van der Waals surface area contributed by atoms with E-state index in [1.807, 2.05) is 19.1 Å². The molecule has 0 atom stereocenters. The van der Waals surface area contributed by atoms with E-state index >= 15 is 0 Å². The Hall–Kier alpha value is -0.550. The van der Waals surface area contributed by atoms with Gasteiger partial charge >= 0.3 is 0 Å². The summed E-state index contributed by atoms with van der Waals surface area (Å²) < 4.78 is 1.41. The molecule has 0 bridgehead atoms. The molecule has 0 radical (unpaired) electrons. The van der Waals surface area contributed by atoms with Crippen LogP contribution in [0.5, 0.6) is 0 Å². The number of carbonyl (C=O) groups excluding carboxylic acids is 1. The Morgan fingerprint density at radius 2 is 1.75 bits per heavy atom. The molecular weight excluding hydrogens is 429 g/mol. The number of hydrogen-bond acceptors (Lipinski definition) is 1. The fraction of sp³-hybridized carbons (Fsp3) is 0.0714. The molecule has 0 aliphatic rings. The molecule has 0 aliphatic heterocycles. The molecule has 0 aliphatic carbocycles. The molecule has 1 N–H and O–H groups in total. The summed E-state index contributed by atoms with van der Waals surface area (Å²) in [5, 5.41) is 3.42. The molecule has 0 spiro atoms. The predicted octanol–water partition coefficient (Wildman–Crippen LogP) is 6.08. The predicted molar refractivity (Wildman–Crippen MR) is 91.0 cm³/mol. The van der Waals surface area contributed by atoms with Gasteiger partial charge in [0.15, 0.2) is 0 Å². The number of benzene rings is 2. The van der Waals surface area contributed by atoms with E-state index in [1.165, 1.54) is 0 Å². The van der Waals surface area contributed by atoms with Gasteiger partial charge in [-0.15, -0.1) is 0 Å². The van der Waals surface area contributed by atoms with Gasteiger partial charge in [-0.3, -0.25) is 4.79 Å². The lowest BCUT2D eigenvalue weighted by atomic mass is 10.1. The summed E-state index contributed by atoms with van der Waals surface area (Å²) in [4.78, 5) is 12.2. The van der Waals surface area contributed by atoms with Crippen LogP contribution in [0.15, 0.2) is 39.3 Å². The lowest BCUT2D eigenvalue weighted by molar-refractivity contribution is 0.102. The van der Waals surface area contributed by atoms with E-state index in [1.54, 1.807) is 18.2 Å². The quantitative estimate of drug-likeness (QED) is 0.567. The highest BCUT2D eigenvalue weighted by molar-refractivity contribution is 9.10. The van der Waals surface area contributed by atoms with E-state index in [2.05, 4.69) is 37.2 Å². The van der Waals surface area contributed by atoms with Crippen molar-refractivity contribution in [3.05, 3.63) is 60.4 Å². The molecule has 6 heteroatoms. The fourth-order valence-corrected chi connectivity index (χ4v) is 3.11.